The van der Waals surface area contributed by atoms with Crippen molar-refractivity contribution in [1.29, 1.82) is 0 Å². The van der Waals surface area contributed by atoms with Crippen molar-refractivity contribution in [1.82, 2.24) is 0 Å². The van der Waals surface area contributed by atoms with Gasteiger partial charge in [-0.05, 0) is 104 Å². The highest BCUT2D eigenvalue weighted by Crippen LogP contribution is 2.53. The molecule has 1 heteroatoms. The average molecular weight is 564 g/mol. The average Bonchev–Trinajstić information content (AvgIpc) is 3.31. The van der Waals surface area contributed by atoms with Crippen LogP contribution in [0.4, 0.5) is 17.1 Å². The van der Waals surface area contributed by atoms with Crippen LogP contribution in [0.2, 0.25) is 0 Å². The van der Waals surface area contributed by atoms with Gasteiger partial charge >= 0.3 is 0 Å². The Kier molecular flexibility index (Phi) is 6.20. The Balaban J connectivity index is 1.27. The zero-order chi connectivity index (χ0) is 29.7. The first kappa shape index (κ1) is 26.2. The second-order valence-electron chi connectivity index (χ2n) is 12.2. The molecule has 1 aliphatic carbocycles. The molecule has 0 bridgehead atoms. The van der Waals surface area contributed by atoms with Crippen molar-refractivity contribution in [2.45, 2.75) is 19.3 Å². The van der Waals surface area contributed by atoms with Crippen molar-refractivity contribution in [3.8, 4) is 33.4 Å². The molecule has 0 saturated carbocycles. The van der Waals surface area contributed by atoms with Crippen LogP contribution in [0, 0.1) is 0 Å². The fraction of sp³-hybridized carbons (Fsp3) is 0.0698. The number of benzene rings is 7. The van der Waals surface area contributed by atoms with Gasteiger partial charge in [-0.15, -0.1) is 0 Å². The van der Waals surface area contributed by atoms with Gasteiger partial charge in [0.1, 0.15) is 0 Å². The first-order valence-corrected chi connectivity index (χ1v) is 15.4. The van der Waals surface area contributed by atoms with E-state index in [1.54, 1.807) is 0 Å². The number of hydrogen-bond donors (Lipinski definition) is 0. The molecule has 1 nitrogen and oxygen atoms in total. The van der Waals surface area contributed by atoms with E-state index in [9.17, 15) is 0 Å². The summed E-state index contributed by atoms with van der Waals surface area (Å²) < 4.78 is 0. The Morgan fingerprint density at radius 3 is 1.70 bits per heavy atom. The Hall–Kier alpha value is -5.40. The molecule has 44 heavy (non-hydrogen) atoms. The van der Waals surface area contributed by atoms with Crippen LogP contribution in [0.3, 0.4) is 0 Å². The predicted molar refractivity (Wildman–Crippen MR) is 187 cm³/mol. The number of hydrogen-bond acceptors (Lipinski definition) is 1. The molecule has 0 amide bonds. The van der Waals surface area contributed by atoms with E-state index in [0.717, 1.165) is 17.1 Å². The van der Waals surface area contributed by atoms with E-state index in [4.69, 9.17) is 0 Å². The van der Waals surface area contributed by atoms with Crippen LogP contribution in [0.15, 0.2) is 164 Å². The molecule has 0 heterocycles. The van der Waals surface area contributed by atoms with Gasteiger partial charge in [-0.1, -0.05) is 129 Å². The molecule has 8 rings (SSSR count). The predicted octanol–water partition coefficient (Wildman–Crippen LogP) is 11.9. The van der Waals surface area contributed by atoms with E-state index >= 15 is 0 Å². The molecule has 0 saturated heterocycles. The summed E-state index contributed by atoms with van der Waals surface area (Å²) >= 11 is 0. The molecule has 7 aromatic rings. The maximum Gasteiger partial charge on any atom is 0.0467 e. The lowest BCUT2D eigenvalue weighted by atomic mass is 9.81. The Morgan fingerprint density at radius 2 is 0.955 bits per heavy atom. The zero-order valence-electron chi connectivity index (χ0n) is 25.0. The summed E-state index contributed by atoms with van der Waals surface area (Å²) in [5.41, 5.74) is 13.8. The number of anilines is 3. The Labute approximate surface area is 259 Å². The molecule has 0 radical (unpaired) electrons. The minimum absolute atomic E-state index is 0.0705. The van der Waals surface area contributed by atoms with Gasteiger partial charge < -0.3 is 4.90 Å². The third-order valence-electron chi connectivity index (χ3n) is 9.23. The lowest BCUT2D eigenvalue weighted by molar-refractivity contribution is 0.661. The molecule has 1 aliphatic rings. The monoisotopic (exact) mass is 563 g/mol. The molecule has 7 aromatic carbocycles. The van der Waals surface area contributed by atoms with Gasteiger partial charge in [0.05, 0.1) is 0 Å². The van der Waals surface area contributed by atoms with E-state index in [1.165, 1.54) is 55.3 Å². The van der Waals surface area contributed by atoms with Crippen LogP contribution < -0.4 is 4.90 Å². The van der Waals surface area contributed by atoms with Gasteiger partial charge in [0.2, 0.25) is 0 Å². The van der Waals surface area contributed by atoms with Gasteiger partial charge in [-0.3, -0.25) is 0 Å². The maximum atomic E-state index is 2.40. The highest BCUT2D eigenvalue weighted by molar-refractivity contribution is 5.99. The summed E-state index contributed by atoms with van der Waals surface area (Å²) in [6, 6.07) is 59.5. The van der Waals surface area contributed by atoms with E-state index < -0.39 is 0 Å². The SMILES string of the molecule is CC1(C)c2cc3ccccc3cc2-c2c(-c3cccc(N(c4ccccc4)c4ccc(-c5ccccc5)cc4)c3)cccc21. The molecule has 210 valence electrons. The topological polar surface area (TPSA) is 3.24 Å². The quantitative estimate of drug-likeness (QED) is 0.201. The molecular formula is C43H33N. The number of nitrogens with zero attached hydrogens (tertiary/aromatic N) is 1. The third-order valence-corrected chi connectivity index (χ3v) is 9.23. The number of para-hydroxylation sites is 1. The van der Waals surface area contributed by atoms with Gasteiger partial charge in [0, 0.05) is 22.5 Å². The van der Waals surface area contributed by atoms with Gasteiger partial charge in [0.25, 0.3) is 0 Å². The van der Waals surface area contributed by atoms with Gasteiger partial charge in [0.15, 0.2) is 0 Å². The van der Waals surface area contributed by atoms with Crippen molar-refractivity contribution in [2.24, 2.45) is 0 Å². The first-order valence-electron chi connectivity index (χ1n) is 15.4. The smallest absolute Gasteiger partial charge is 0.0467 e. The molecule has 0 aliphatic heterocycles. The summed E-state index contributed by atoms with van der Waals surface area (Å²) in [5.74, 6) is 0. The van der Waals surface area contributed by atoms with Crippen molar-refractivity contribution >= 4 is 27.8 Å². The van der Waals surface area contributed by atoms with Crippen LogP contribution in [-0.4, -0.2) is 0 Å². The minimum Gasteiger partial charge on any atom is -0.310 e. The van der Waals surface area contributed by atoms with Crippen molar-refractivity contribution in [3.05, 3.63) is 175 Å². The largest absolute Gasteiger partial charge is 0.310 e. The molecule has 0 N–H and O–H groups in total. The highest BCUT2D eigenvalue weighted by Gasteiger charge is 2.37. The summed E-state index contributed by atoms with van der Waals surface area (Å²) in [5, 5.41) is 2.58. The van der Waals surface area contributed by atoms with Crippen molar-refractivity contribution < 1.29 is 0 Å². The van der Waals surface area contributed by atoms with Crippen LogP contribution >= 0.6 is 0 Å². The summed E-state index contributed by atoms with van der Waals surface area (Å²) in [7, 11) is 0. The fourth-order valence-corrected chi connectivity index (χ4v) is 6.98. The van der Waals surface area contributed by atoms with Crippen LogP contribution in [0.1, 0.15) is 25.0 Å². The molecule has 0 unspecified atom stereocenters. The van der Waals surface area contributed by atoms with Crippen molar-refractivity contribution in [2.75, 3.05) is 4.90 Å². The van der Waals surface area contributed by atoms with Crippen LogP contribution in [0.25, 0.3) is 44.2 Å². The molecular weight excluding hydrogens is 530 g/mol. The summed E-state index contributed by atoms with van der Waals surface area (Å²) in [6.45, 7) is 4.73. The minimum atomic E-state index is -0.0705. The highest BCUT2D eigenvalue weighted by atomic mass is 15.1. The summed E-state index contributed by atoms with van der Waals surface area (Å²) in [6.07, 6.45) is 0. The summed E-state index contributed by atoms with van der Waals surface area (Å²) in [4.78, 5) is 2.35. The second kappa shape index (κ2) is 10.4. The van der Waals surface area contributed by atoms with Crippen LogP contribution in [-0.2, 0) is 5.41 Å². The van der Waals surface area contributed by atoms with E-state index in [2.05, 4.69) is 183 Å². The van der Waals surface area contributed by atoms with E-state index in [1.807, 2.05) is 0 Å². The Morgan fingerprint density at radius 1 is 0.386 bits per heavy atom. The molecule has 0 fully saturated rings. The zero-order valence-corrected chi connectivity index (χ0v) is 25.0. The Bertz CT molecular complexity index is 2120. The lowest BCUT2D eigenvalue weighted by Gasteiger charge is -2.26. The maximum absolute atomic E-state index is 2.40. The van der Waals surface area contributed by atoms with E-state index in [-0.39, 0.29) is 5.41 Å². The second-order valence-corrected chi connectivity index (χ2v) is 12.2. The molecule has 0 aromatic heterocycles. The van der Waals surface area contributed by atoms with Gasteiger partial charge in [-0.25, -0.2) is 0 Å². The third kappa shape index (κ3) is 4.32. The molecule has 0 spiro atoms. The first-order chi connectivity index (χ1) is 21.6. The normalized spacial score (nSPS) is 13.0. The van der Waals surface area contributed by atoms with Gasteiger partial charge in [-0.2, -0.15) is 0 Å². The van der Waals surface area contributed by atoms with Crippen molar-refractivity contribution in [3.63, 3.8) is 0 Å². The number of fused-ring (bicyclic) bond motifs is 4. The lowest BCUT2D eigenvalue weighted by Crippen LogP contribution is -2.14. The molecule has 0 atom stereocenters. The standard InChI is InChI=1S/C43H33N/c1-43(2)40-22-12-21-38(42(40)39-28-32-15-9-10-16-33(32)29-41(39)43)34-17-11-20-37(27-34)44(35-18-7-4-8-19-35)36-25-23-31(24-26-36)30-13-5-3-6-14-30/h3-29H,1-2H3. The van der Waals surface area contributed by atoms with E-state index in [0.29, 0.717) is 0 Å². The fourth-order valence-electron chi connectivity index (χ4n) is 6.98. The number of rotatable bonds is 5. The van der Waals surface area contributed by atoms with Crippen LogP contribution in [0.5, 0.6) is 0 Å².